The molecule has 0 aromatic carbocycles. The van der Waals surface area contributed by atoms with E-state index in [2.05, 4.69) is 24.1 Å². The Labute approximate surface area is 103 Å². The summed E-state index contributed by atoms with van der Waals surface area (Å²) in [6, 6.07) is 0.477. The number of rotatable bonds is 4. The van der Waals surface area contributed by atoms with E-state index in [0.717, 1.165) is 38.2 Å². The molecular weight excluding hydrogens is 214 g/mol. The summed E-state index contributed by atoms with van der Waals surface area (Å²) in [5, 5.41) is 3.52. The molecule has 1 atom stereocenters. The Morgan fingerprint density at radius 3 is 2.88 bits per heavy atom. The zero-order chi connectivity index (χ0) is 12.3. The lowest BCUT2D eigenvalue weighted by Crippen LogP contribution is -2.44. The van der Waals surface area contributed by atoms with Crippen molar-refractivity contribution in [2.24, 2.45) is 7.05 Å². The van der Waals surface area contributed by atoms with E-state index >= 15 is 0 Å². The Hall–Kier alpha value is -1.03. The van der Waals surface area contributed by atoms with Crippen molar-refractivity contribution in [3.63, 3.8) is 0 Å². The lowest BCUT2D eigenvalue weighted by molar-refractivity contribution is -0.0865. The highest BCUT2D eigenvalue weighted by molar-refractivity contribution is 5.27. The topological polar surface area (TPSA) is 39.1 Å². The molecule has 1 unspecified atom stereocenters. The highest BCUT2D eigenvalue weighted by atomic mass is 16.5. The van der Waals surface area contributed by atoms with Crippen molar-refractivity contribution in [3.05, 3.63) is 12.4 Å². The SMILES string of the molecule is CCC1(CC)CC(Nc2nccn2C)CCO1. The number of hydrogen-bond donors (Lipinski definition) is 1. The summed E-state index contributed by atoms with van der Waals surface area (Å²) in [5.74, 6) is 0.956. The van der Waals surface area contributed by atoms with E-state index in [9.17, 15) is 0 Å². The van der Waals surface area contributed by atoms with Gasteiger partial charge < -0.3 is 14.6 Å². The van der Waals surface area contributed by atoms with E-state index in [1.807, 2.05) is 24.0 Å². The molecule has 1 aliphatic rings. The van der Waals surface area contributed by atoms with Crippen LogP contribution >= 0.6 is 0 Å². The molecule has 0 bridgehead atoms. The summed E-state index contributed by atoms with van der Waals surface area (Å²) < 4.78 is 8.00. The average molecular weight is 237 g/mol. The zero-order valence-corrected chi connectivity index (χ0v) is 11.1. The van der Waals surface area contributed by atoms with Gasteiger partial charge in [-0.2, -0.15) is 0 Å². The van der Waals surface area contributed by atoms with Gasteiger partial charge in [0.2, 0.25) is 5.95 Å². The lowest BCUT2D eigenvalue weighted by atomic mass is 9.86. The molecule has 17 heavy (non-hydrogen) atoms. The number of aromatic nitrogens is 2. The first-order valence-electron chi connectivity index (χ1n) is 6.57. The minimum atomic E-state index is 0.0705. The van der Waals surface area contributed by atoms with E-state index in [1.165, 1.54) is 0 Å². The Kier molecular flexibility index (Phi) is 3.72. The summed E-state index contributed by atoms with van der Waals surface area (Å²) >= 11 is 0. The maximum atomic E-state index is 5.98. The summed E-state index contributed by atoms with van der Waals surface area (Å²) in [6.45, 7) is 5.28. The molecule has 1 N–H and O–H groups in total. The third-order valence-corrected chi connectivity index (χ3v) is 3.94. The van der Waals surface area contributed by atoms with Gasteiger partial charge in [-0.15, -0.1) is 0 Å². The molecule has 1 fully saturated rings. The average Bonchev–Trinajstić information content (AvgIpc) is 2.75. The highest BCUT2D eigenvalue weighted by Gasteiger charge is 2.34. The Morgan fingerprint density at radius 1 is 1.53 bits per heavy atom. The predicted molar refractivity (Wildman–Crippen MR) is 69.1 cm³/mol. The molecule has 0 aliphatic carbocycles. The van der Waals surface area contributed by atoms with Crippen molar-refractivity contribution in [1.82, 2.24) is 9.55 Å². The monoisotopic (exact) mass is 237 g/mol. The first kappa shape index (κ1) is 12.4. The maximum Gasteiger partial charge on any atom is 0.202 e. The molecule has 1 aromatic rings. The van der Waals surface area contributed by atoms with Crippen LogP contribution in [-0.2, 0) is 11.8 Å². The van der Waals surface area contributed by atoms with Crippen LogP contribution in [0.4, 0.5) is 5.95 Å². The van der Waals surface area contributed by atoms with Crippen molar-refractivity contribution >= 4 is 5.95 Å². The number of nitrogens with one attached hydrogen (secondary N) is 1. The molecule has 1 aliphatic heterocycles. The number of aryl methyl sites for hydroxylation is 1. The second-order valence-electron chi connectivity index (χ2n) is 4.93. The van der Waals surface area contributed by atoms with Crippen LogP contribution < -0.4 is 5.32 Å². The van der Waals surface area contributed by atoms with Gasteiger partial charge in [-0.05, 0) is 25.7 Å². The van der Waals surface area contributed by atoms with Crippen molar-refractivity contribution in [2.75, 3.05) is 11.9 Å². The fourth-order valence-corrected chi connectivity index (χ4v) is 2.58. The maximum absolute atomic E-state index is 5.98. The van der Waals surface area contributed by atoms with Gasteiger partial charge in [-0.3, -0.25) is 0 Å². The molecule has 4 heteroatoms. The molecule has 0 radical (unpaired) electrons. The largest absolute Gasteiger partial charge is 0.375 e. The number of imidazole rings is 1. The van der Waals surface area contributed by atoms with Crippen LogP contribution in [0.2, 0.25) is 0 Å². The molecule has 96 valence electrons. The van der Waals surface area contributed by atoms with Crippen molar-refractivity contribution in [2.45, 2.75) is 51.2 Å². The van der Waals surface area contributed by atoms with E-state index in [-0.39, 0.29) is 5.60 Å². The van der Waals surface area contributed by atoms with Crippen LogP contribution in [0, 0.1) is 0 Å². The van der Waals surface area contributed by atoms with Gasteiger partial charge in [-0.25, -0.2) is 4.98 Å². The predicted octanol–water partition coefficient (Wildman–Crippen LogP) is 2.57. The van der Waals surface area contributed by atoms with Crippen LogP contribution in [0.3, 0.4) is 0 Å². The van der Waals surface area contributed by atoms with Crippen LogP contribution in [0.1, 0.15) is 39.5 Å². The van der Waals surface area contributed by atoms with Crippen LogP contribution in [0.5, 0.6) is 0 Å². The van der Waals surface area contributed by atoms with Crippen molar-refractivity contribution in [1.29, 1.82) is 0 Å². The van der Waals surface area contributed by atoms with Crippen LogP contribution in [-0.4, -0.2) is 27.8 Å². The number of nitrogens with zero attached hydrogens (tertiary/aromatic N) is 2. The van der Waals surface area contributed by atoms with Crippen LogP contribution in [0.25, 0.3) is 0 Å². The second kappa shape index (κ2) is 5.08. The zero-order valence-electron chi connectivity index (χ0n) is 11.1. The number of hydrogen-bond acceptors (Lipinski definition) is 3. The van der Waals surface area contributed by atoms with Gasteiger partial charge in [0.05, 0.1) is 5.60 Å². The summed E-state index contributed by atoms with van der Waals surface area (Å²) in [7, 11) is 2.02. The first-order valence-corrected chi connectivity index (χ1v) is 6.57. The minimum Gasteiger partial charge on any atom is -0.375 e. The van der Waals surface area contributed by atoms with Crippen molar-refractivity contribution in [3.8, 4) is 0 Å². The number of anilines is 1. The Morgan fingerprint density at radius 2 is 2.29 bits per heavy atom. The highest BCUT2D eigenvalue weighted by Crippen LogP contribution is 2.32. The van der Waals surface area contributed by atoms with E-state index in [4.69, 9.17) is 4.74 Å². The molecule has 0 amide bonds. The number of ether oxygens (including phenoxy) is 1. The molecule has 1 aromatic heterocycles. The van der Waals surface area contributed by atoms with E-state index in [1.54, 1.807) is 0 Å². The molecule has 2 heterocycles. The molecule has 4 nitrogen and oxygen atoms in total. The minimum absolute atomic E-state index is 0.0705. The van der Waals surface area contributed by atoms with E-state index in [0.29, 0.717) is 6.04 Å². The van der Waals surface area contributed by atoms with E-state index < -0.39 is 0 Å². The van der Waals surface area contributed by atoms with Gasteiger partial charge in [-0.1, -0.05) is 13.8 Å². The third kappa shape index (κ3) is 2.63. The summed E-state index contributed by atoms with van der Waals surface area (Å²) in [6.07, 6.45) is 8.11. The molecular formula is C13H23N3O. The summed E-state index contributed by atoms with van der Waals surface area (Å²) in [5.41, 5.74) is 0.0705. The van der Waals surface area contributed by atoms with Crippen molar-refractivity contribution < 1.29 is 4.74 Å². The standard InChI is InChI=1S/C13H23N3O/c1-4-13(5-2)10-11(6-9-17-13)15-12-14-7-8-16(12)3/h7-8,11H,4-6,9-10H2,1-3H3,(H,14,15). The van der Waals surface area contributed by atoms with Gasteiger partial charge in [0.1, 0.15) is 0 Å². The molecule has 0 spiro atoms. The van der Waals surface area contributed by atoms with Crippen LogP contribution in [0.15, 0.2) is 12.4 Å². The normalized spacial score (nSPS) is 23.6. The lowest BCUT2D eigenvalue weighted by Gasteiger charge is -2.40. The Balaban J connectivity index is 2.00. The smallest absolute Gasteiger partial charge is 0.202 e. The first-order chi connectivity index (χ1) is 8.19. The fourth-order valence-electron chi connectivity index (χ4n) is 2.58. The summed E-state index contributed by atoms with van der Waals surface area (Å²) in [4.78, 5) is 4.32. The fraction of sp³-hybridized carbons (Fsp3) is 0.769. The van der Waals surface area contributed by atoms with Gasteiger partial charge in [0.15, 0.2) is 0 Å². The third-order valence-electron chi connectivity index (χ3n) is 3.94. The van der Waals surface area contributed by atoms with Gasteiger partial charge >= 0.3 is 0 Å². The molecule has 1 saturated heterocycles. The van der Waals surface area contributed by atoms with Gasteiger partial charge in [0.25, 0.3) is 0 Å². The quantitative estimate of drug-likeness (QED) is 0.874. The molecule has 2 rings (SSSR count). The second-order valence-corrected chi connectivity index (χ2v) is 4.93. The molecule has 0 saturated carbocycles. The Bertz CT molecular complexity index is 357. The van der Waals surface area contributed by atoms with Gasteiger partial charge in [0, 0.05) is 32.1 Å².